The van der Waals surface area contributed by atoms with Crippen molar-refractivity contribution in [3.05, 3.63) is 0 Å². The Bertz CT molecular complexity index is 242. The number of aliphatic imine (C=N–C) groups is 1. The van der Waals surface area contributed by atoms with Crippen LogP contribution < -0.4 is 0 Å². The second kappa shape index (κ2) is 6.01. The first-order chi connectivity index (χ1) is 6.73. The standard InChI is InChI=1S/C12H24N2O/c1-10(7-11(2)15)13-8-12(3,4)9-14(5)6/h7-9H2,1-6H3. The predicted molar refractivity (Wildman–Crippen MR) is 65.6 cm³/mol. The third kappa shape index (κ3) is 8.30. The summed E-state index contributed by atoms with van der Waals surface area (Å²) in [5, 5.41) is 0. The molecule has 0 atom stereocenters. The van der Waals surface area contributed by atoms with Crippen LogP contribution in [0, 0.1) is 5.41 Å². The molecule has 0 aliphatic heterocycles. The summed E-state index contributed by atoms with van der Waals surface area (Å²) < 4.78 is 0. The molecular weight excluding hydrogens is 188 g/mol. The third-order valence-corrected chi connectivity index (χ3v) is 2.03. The van der Waals surface area contributed by atoms with E-state index in [1.807, 2.05) is 6.92 Å². The van der Waals surface area contributed by atoms with Gasteiger partial charge in [-0.15, -0.1) is 0 Å². The van der Waals surface area contributed by atoms with E-state index in [2.05, 4.69) is 37.8 Å². The SMILES string of the molecule is CC(=O)CC(C)=NCC(C)(C)CN(C)C. The molecule has 0 saturated heterocycles. The summed E-state index contributed by atoms with van der Waals surface area (Å²) in [6, 6.07) is 0. The number of nitrogens with zero attached hydrogens (tertiary/aromatic N) is 2. The molecule has 0 rings (SSSR count). The summed E-state index contributed by atoms with van der Waals surface area (Å²) in [5.74, 6) is 0.182. The fraction of sp³-hybridized carbons (Fsp3) is 0.833. The van der Waals surface area contributed by atoms with Crippen LogP contribution in [-0.4, -0.2) is 43.6 Å². The number of hydrogen-bond donors (Lipinski definition) is 0. The van der Waals surface area contributed by atoms with Gasteiger partial charge in [-0.3, -0.25) is 9.79 Å². The molecule has 15 heavy (non-hydrogen) atoms. The predicted octanol–water partition coefficient (Wildman–Crippen LogP) is 2.01. The maximum atomic E-state index is 10.9. The Balaban J connectivity index is 4.16. The molecule has 0 heterocycles. The van der Waals surface area contributed by atoms with Crippen molar-refractivity contribution < 1.29 is 4.79 Å². The van der Waals surface area contributed by atoms with Crippen LogP contribution in [0.1, 0.15) is 34.1 Å². The van der Waals surface area contributed by atoms with E-state index < -0.39 is 0 Å². The van der Waals surface area contributed by atoms with Crippen LogP contribution in [0.15, 0.2) is 4.99 Å². The van der Waals surface area contributed by atoms with E-state index in [0.29, 0.717) is 6.42 Å². The minimum absolute atomic E-state index is 0.168. The van der Waals surface area contributed by atoms with E-state index in [1.54, 1.807) is 6.92 Å². The molecule has 0 amide bonds. The van der Waals surface area contributed by atoms with E-state index in [4.69, 9.17) is 0 Å². The van der Waals surface area contributed by atoms with Gasteiger partial charge in [0.25, 0.3) is 0 Å². The number of carbonyl (C=O) groups is 1. The first kappa shape index (κ1) is 14.3. The van der Waals surface area contributed by atoms with E-state index >= 15 is 0 Å². The lowest BCUT2D eigenvalue weighted by Gasteiger charge is -2.26. The van der Waals surface area contributed by atoms with Gasteiger partial charge in [0, 0.05) is 25.2 Å². The molecular formula is C12H24N2O. The van der Waals surface area contributed by atoms with Crippen LogP contribution in [0.2, 0.25) is 0 Å². The van der Waals surface area contributed by atoms with Crippen molar-refractivity contribution >= 4 is 11.5 Å². The van der Waals surface area contributed by atoms with Gasteiger partial charge >= 0.3 is 0 Å². The molecule has 0 spiro atoms. The zero-order valence-electron chi connectivity index (χ0n) is 10.9. The third-order valence-electron chi connectivity index (χ3n) is 2.03. The summed E-state index contributed by atoms with van der Waals surface area (Å²) in [5.41, 5.74) is 1.11. The highest BCUT2D eigenvalue weighted by Crippen LogP contribution is 2.16. The molecule has 0 aromatic rings. The summed E-state index contributed by atoms with van der Waals surface area (Å²) in [7, 11) is 4.13. The Morgan fingerprint density at radius 3 is 2.20 bits per heavy atom. The molecule has 3 nitrogen and oxygen atoms in total. The Morgan fingerprint density at radius 1 is 1.27 bits per heavy atom. The van der Waals surface area contributed by atoms with Crippen LogP contribution >= 0.6 is 0 Å². The molecule has 0 aliphatic carbocycles. The van der Waals surface area contributed by atoms with Crippen LogP contribution in [0.3, 0.4) is 0 Å². The van der Waals surface area contributed by atoms with Gasteiger partial charge in [-0.25, -0.2) is 0 Å². The van der Waals surface area contributed by atoms with Crippen molar-refractivity contribution in [2.24, 2.45) is 10.4 Å². The first-order valence-corrected chi connectivity index (χ1v) is 5.37. The number of hydrogen-bond acceptors (Lipinski definition) is 3. The fourth-order valence-corrected chi connectivity index (χ4v) is 1.67. The van der Waals surface area contributed by atoms with E-state index in [1.165, 1.54) is 0 Å². The van der Waals surface area contributed by atoms with Crippen molar-refractivity contribution in [1.82, 2.24) is 4.90 Å². The molecule has 0 unspecified atom stereocenters. The number of carbonyl (C=O) groups excluding carboxylic acids is 1. The smallest absolute Gasteiger partial charge is 0.135 e. The van der Waals surface area contributed by atoms with Gasteiger partial charge in [0.15, 0.2) is 0 Å². The maximum Gasteiger partial charge on any atom is 0.135 e. The zero-order valence-corrected chi connectivity index (χ0v) is 10.9. The van der Waals surface area contributed by atoms with Gasteiger partial charge < -0.3 is 4.90 Å². The van der Waals surface area contributed by atoms with Crippen LogP contribution in [0.4, 0.5) is 0 Å². The van der Waals surface area contributed by atoms with Crippen molar-refractivity contribution in [3.8, 4) is 0 Å². The number of ketones is 1. The highest BCUT2D eigenvalue weighted by molar-refractivity contribution is 5.99. The van der Waals surface area contributed by atoms with Crippen molar-refractivity contribution in [3.63, 3.8) is 0 Å². The molecule has 0 bridgehead atoms. The van der Waals surface area contributed by atoms with Gasteiger partial charge in [0.05, 0.1) is 0 Å². The summed E-state index contributed by atoms with van der Waals surface area (Å²) in [6.07, 6.45) is 0.484. The topological polar surface area (TPSA) is 32.7 Å². The largest absolute Gasteiger partial charge is 0.309 e. The quantitative estimate of drug-likeness (QED) is 0.631. The van der Waals surface area contributed by atoms with Crippen LogP contribution in [0.25, 0.3) is 0 Å². The van der Waals surface area contributed by atoms with Gasteiger partial charge in [-0.05, 0) is 33.4 Å². The van der Waals surface area contributed by atoms with Gasteiger partial charge in [0.1, 0.15) is 5.78 Å². The Kier molecular flexibility index (Phi) is 5.73. The first-order valence-electron chi connectivity index (χ1n) is 5.37. The number of Topliss-reactive ketones (excluding diaryl/α,β-unsaturated/α-hetero) is 1. The minimum atomic E-state index is 0.168. The van der Waals surface area contributed by atoms with E-state index in [9.17, 15) is 4.79 Å². The van der Waals surface area contributed by atoms with Gasteiger partial charge in [-0.1, -0.05) is 13.8 Å². The second-order valence-electron chi connectivity index (χ2n) is 5.33. The Morgan fingerprint density at radius 2 is 1.80 bits per heavy atom. The van der Waals surface area contributed by atoms with E-state index in [0.717, 1.165) is 18.8 Å². The van der Waals surface area contributed by atoms with Crippen molar-refractivity contribution in [1.29, 1.82) is 0 Å². The molecule has 88 valence electrons. The maximum absolute atomic E-state index is 10.9. The fourth-order valence-electron chi connectivity index (χ4n) is 1.67. The Labute approximate surface area is 93.6 Å². The van der Waals surface area contributed by atoms with Crippen LogP contribution in [0.5, 0.6) is 0 Å². The highest BCUT2D eigenvalue weighted by Gasteiger charge is 2.18. The summed E-state index contributed by atoms with van der Waals surface area (Å²) in [6.45, 7) is 9.69. The molecule has 0 radical (unpaired) electrons. The average Bonchev–Trinajstić information content (AvgIpc) is 1.97. The monoisotopic (exact) mass is 212 g/mol. The lowest BCUT2D eigenvalue weighted by Crippen LogP contribution is -2.31. The molecule has 0 fully saturated rings. The van der Waals surface area contributed by atoms with Crippen molar-refractivity contribution in [2.45, 2.75) is 34.1 Å². The summed E-state index contributed by atoms with van der Waals surface area (Å²) >= 11 is 0. The zero-order chi connectivity index (χ0) is 12.1. The molecule has 0 N–H and O–H groups in total. The second-order valence-corrected chi connectivity index (χ2v) is 5.33. The molecule has 3 heteroatoms. The molecule has 0 aliphatic rings. The van der Waals surface area contributed by atoms with E-state index in [-0.39, 0.29) is 11.2 Å². The number of rotatable bonds is 6. The molecule has 0 saturated carbocycles. The van der Waals surface area contributed by atoms with Gasteiger partial charge in [-0.2, -0.15) is 0 Å². The van der Waals surface area contributed by atoms with Crippen molar-refractivity contribution in [2.75, 3.05) is 27.2 Å². The Hall–Kier alpha value is -0.700. The normalized spacial score (nSPS) is 13.4. The minimum Gasteiger partial charge on any atom is -0.309 e. The average molecular weight is 212 g/mol. The molecule has 0 aromatic carbocycles. The molecule has 0 aromatic heterocycles. The van der Waals surface area contributed by atoms with Gasteiger partial charge in [0.2, 0.25) is 0 Å². The van der Waals surface area contributed by atoms with Crippen LogP contribution in [-0.2, 0) is 4.79 Å². The highest BCUT2D eigenvalue weighted by atomic mass is 16.1. The lowest BCUT2D eigenvalue weighted by molar-refractivity contribution is -0.115. The summed E-state index contributed by atoms with van der Waals surface area (Å²) in [4.78, 5) is 17.5. The lowest BCUT2D eigenvalue weighted by atomic mass is 9.93.